The minimum Gasteiger partial charge on any atom is -0.484 e. The zero-order chi connectivity index (χ0) is 13.7. The van der Waals surface area contributed by atoms with Gasteiger partial charge in [0.1, 0.15) is 5.75 Å². The van der Waals surface area contributed by atoms with Gasteiger partial charge in [0, 0.05) is 24.1 Å². The first-order chi connectivity index (χ1) is 9.20. The Morgan fingerprint density at radius 1 is 1.42 bits per heavy atom. The second-order valence-electron chi connectivity index (χ2n) is 4.66. The molecule has 0 atom stereocenters. The summed E-state index contributed by atoms with van der Waals surface area (Å²) in [4.78, 5) is 13.7. The number of hydrogen-bond acceptors (Lipinski definition) is 3. The molecule has 19 heavy (non-hydrogen) atoms. The molecule has 0 aromatic heterocycles. The van der Waals surface area contributed by atoms with E-state index in [1.165, 1.54) is 0 Å². The average Bonchev–Trinajstić information content (AvgIpc) is 2.93. The molecule has 0 saturated carbocycles. The number of carbonyl (C=O) groups excluding carboxylic acids is 1. The number of hydrogen-bond donors (Lipinski definition) is 1. The smallest absolute Gasteiger partial charge is 0.260 e. The highest BCUT2D eigenvalue weighted by atomic mass is 79.9. The Kier molecular flexibility index (Phi) is 5.22. The summed E-state index contributed by atoms with van der Waals surface area (Å²) in [6, 6.07) is 5.78. The molecule has 1 aromatic rings. The largest absolute Gasteiger partial charge is 0.484 e. The van der Waals surface area contributed by atoms with E-state index in [4.69, 9.17) is 4.74 Å². The molecule has 2 rings (SSSR count). The fourth-order valence-electron chi connectivity index (χ4n) is 2.17. The van der Waals surface area contributed by atoms with Crippen LogP contribution in [0.25, 0.3) is 0 Å². The third-order valence-electron chi connectivity index (χ3n) is 3.21. The lowest BCUT2D eigenvalue weighted by molar-refractivity contribution is -0.132. The predicted octanol–water partition coefficient (Wildman–Crippen LogP) is 2.17. The van der Waals surface area contributed by atoms with Crippen LogP contribution in [0.1, 0.15) is 18.4 Å². The Morgan fingerprint density at radius 3 is 2.84 bits per heavy atom. The maximum absolute atomic E-state index is 11.9. The van der Waals surface area contributed by atoms with E-state index in [2.05, 4.69) is 21.2 Å². The van der Waals surface area contributed by atoms with Gasteiger partial charge in [-0.05, 0) is 43.7 Å². The van der Waals surface area contributed by atoms with Crippen LogP contribution >= 0.6 is 15.9 Å². The van der Waals surface area contributed by atoms with E-state index in [0.717, 1.165) is 48.3 Å². The maximum atomic E-state index is 11.9. The van der Waals surface area contributed by atoms with Crippen LogP contribution in [-0.2, 0) is 11.3 Å². The lowest BCUT2D eigenvalue weighted by Crippen LogP contribution is -2.32. The van der Waals surface area contributed by atoms with Gasteiger partial charge in [0.2, 0.25) is 0 Å². The van der Waals surface area contributed by atoms with E-state index >= 15 is 0 Å². The molecule has 104 valence electrons. The topological polar surface area (TPSA) is 41.6 Å². The molecule has 0 unspecified atom stereocenters. The van der Waals surface area contributed by atoms with Crippen molar-refractivity contribution in [2.45, 2.75) is 19.4 Å². The Morgan fingerprint density at radius 2 is 2.16 bits per heavy atom. The van der Waals surface area contributed by atoms with Crippen molar-refractivity contribution in [1.29, 1.82) is 0 Å². The van der Waals surface area contributed by atoms with Crippen LogP contribution in [-0.4, -0.2) is 37.6 Å². The van der Waals surface area contributed by atoms with Crippen LogP contribution in [0.5, 0.6) is 5.75 Å². The lowest BCUT2D eigenvalue weighted by Gasteiger charge is -2.16. The van der Waals surface area contributed by atoms with E-state index in [1.54, 1.807) is 0 Å². The third kappa shape index (κ3) is 3.94. The number of halogens is 1. The fourth-order valence-corrected chi connectivity index (χ4v) is 2.56. The van der Waals surface area contributed by atoms with Gasteiger partial charge in [0.25, 0.3) is 5.91 Å². The maximum Gasteiger partial charge on any atom is 0.260 e. The van der Waals surface area contributed by atoms with Crippen molar-refractivity contribution in [3.8, 4) is 5.75 Å². The van der Waals surface area contributed by atoms with Gasteiger partial charge in [0.05, 0.1) is 0 Å². The quantitative estimate of drug-likeness (QED) is 0.901. The van der Waals surface area contributed by atoms with Crippen molar-refractivity contribution in [2.24, 2.45) is 0 Å². The highest BCUT2D eigenvalue weighted by Crippen LogP contribution is 2.22. The number of nitrogens with one attached hydrogen (secondary N) is 1. The summed E-state index contributed by atoms with van der Waals surface area (Å²) in [5.74, 6) is 0.816. The molecule has 0 bridgehead atoms. The molecule has 0 aliphatic carbocycles. The molecule has 1 amide bonds. The van der Waals surface area contributed by atoms with Gasteiger partial charge in [0.15, 0.2) is 6.61 Å². The van der Waals surface area contributed by atoms with Crippen LogP contribution in [0, 0.1) is 0 Å². The Balaban J connectivity index is 1.91. The average molecular weight is 327 g/mol. The molecule has 5 heteroatoms. The second-order valence-corrected chi connectivity index (χ2v) is 5.51. The summed E-state index contributed by atoms with van der Waals surface area (Å²) in [7, 11) is 1.90. The van der Waals surface area contributed by atoms with Crippen LogP contribution in [0.15, 0.2) is 22.7 Å². The first-order valence-electron chi connectivity index (χ1n) is 6.54. The fraction of sp³-hybridized carbons (Fsp3) is 0.500. The number of nitrogens with zero attached hydrogens (tertiary/aromatic N) is 1. The summed E-state index contributed by atoms with van der Waals surface area (Å²) >= 11 is 3.49. The number of carbonyl (C=O) groups is 1. The van der Waals surface area contributed by atoms with Gasteiger partial charge in [-0.3, -0.25) is 4.79 Å². The van der Waals surface area contributed by atoms with E-state index < -0.39 is 0 Å². The molecule has 1 aromatic carbocycles. The molecule has 1 aliphatic heterocycles. The molecule has 1 saturated heterocycles. The van der Waals surface area contributed by atoms with Crippen molar-refractivity contribution in [1.82, 2.24) is 10.2 Å². The van der Waals surface area contributed by atoms with Crippen LogP contribution in [0.2, 0.25) is 0 Å². The lowest BCUT2D eigenvalue weighted by atomic mass is 10.2. The zero-order valence-electron chi connectivity index (χ0n) is 11.1. The van der Waals surface area contributed by atoms with E-state index in [0.29, 0.717) is 0 Å². The zero-order valence-corrected chi connectivity index (χ0v) is 12.7. The number of benzene rings is 1. The van der Waals surface area contributed by atoms with Crippen LogP contribution < -0.4 is 10.1 Å². The number of rotatable bonds is 5. The van der Waals surface area contributed by atoms with Crippen molar-refractivity contribution < 1.29 is 9.53 Å². The molecular formula is C14H19BrN2O2. The van der Waals surface area contributed by atoms with E-state index in [1.807, 2.05) is 30.1 Å². The van der Waals surface area contributed by atoms with Crippen molar-refractivity contribution in [3.63, 3.8) is 0 Å². The molecule has 1 fully saturated rings. The van der Waals surface area contributed by atoms with Gasteiger partial charge >= 0.3 is 0 Å². The molecule has 1 aliphatic rings. The van der Waals surface area contributed by atoms with E-state index in [9.17, 15) is 4.79 Å². The van der Waals surface area contributed by atoms with Gasteiger partial charge in [-0.15, -0.1) is 0 Å². The summed E-state index contributed by atoms with van der Waals surface area (Å²) in [5, 5.41) is 3.10. The van der Waals surface area contributed by atoms with Crippen molar-refractivity contribution in [2.75, 3.05) is 26.7 Å². The SMILES string of the molecule is CNCc1cc(OCC(=O)N2CCCC2)ccc1Br. The Bertz CT molecular complexity index is 445. The minimum absolute atomic E-state index is 0.0792. The monoisotopic (exact) mass is 326 g/mol. The van der Waals surface area contributed by atoms with Crippen LogP contribution in [0.4, 0.5) is 0 Å². The molecule has 1 N–H and O–H groups in total. The first-order valence-corrected chi connectivity index (χ1v) is 7.33. The van der Waals surface area contributed by atoms with Crippen molar-refractivity contribution >= 4 is 21.8 Å². The summed E-state index contributed by atoms with van der Waals surface area (Å²) in [6.07, 6.45) is 2.21. The van der Waals surface area contributed by atoms with Gasteiger partial charge in [-0.25, -0.2) is 0 Å². The molecule has 4 nitrogen and oxygen atoms in total. The number of amides is 1. The normalized spacial score (nSPS) is 14.7. The van der Waals surface area contributed by atoms with Gasteiger partial charge < -0.3 is 15.0 Å². The molecule has 1 heterocycles. The second kappa shape index (κ2) is 6.91. The Hall–Kier alpha value is -1.07. The summed E-state index contributed by atoms with van der Waals surface area (Å²) < 4.78 is 6.62. The highest BCUT2D eigenvalue weighted by molar-refractivity contribution is 9.10. The van der Waals surface area contributed by atoms with Gasteiger partial charge in [-0.2, -0.15) is 0 Å². The first kappa shape index (κ1) is 14.3. The molecule has 0 spiro atoms. The van der Waals surface area contributed by atoms with Crippen LogP contribution in [0.3, 0.4) is 0 Å². The summed E-state index contributed by atoms with van der Waals surface area (Å²) in [6.45, 7) is 2.62. The number of likely N-dealkylation sites (tertiary alicyclic amines) is 1. The minimum atomic E-state index is 0.0792. The van der Waals surface area contributed by atoms with Crippen molar-refractivity contribution in [3.05, 3.63) is 28.2 Å². The number of ether oxygens (including phenoxy) is 1. The summed E-state index contributed by atoms with van der Waals surface area (Å²) in [5.41, 5.74) is 1.12. The highest BCUT2D eigenvalue weighted by Gasteiger charge is 2.18. The standard InChI is InChI=1S/C14H19BrN2O2/c1-16-9-11-8-12(4-5-13(11)15)19-10-14(18)17-6-2-3-7-17/h4-5,8,16H,2-3,6-7,9-10H2,1H3. The molecular weight excluding hydrogens is 308 g/mol. The Labute approximate surface area is 122 Å². The van der Waals surface area contributed by atoms with E-state index in [-0.39, 0.29) is 12.5 Å². The molecule has 0 radical (unpaired) electrons. The van der Waals surface area contributed by atoms with Gasteiger partial charge in [-0.1, -0.05) is 15.9 Å². The predicted molar refractivity (Wildman–Crippen MR) is 78.2 cm³/mol. The third-order valence-corrected chi connectivity index (χ3v) is 3.98.